The molecular formula is C26H26F2N6O. The van der Waals surface area contributed by atoms with Crippen LogP contribution in [0.1, 0.15) is 24.0 Å². The summed E-state index contributed by atoms with van der Waals surface area (Å²) in [5.41, 5.74) is 5.10. The Morgan fingerprint density at radius 1 is 1.17 bits per heavy atom. The Morgan fingerprint density at radius 3 is 2.86 bits per heavy atom. The van der Waals surface area contributed by atoms with Gasteiger partial charge in [0.1, 0.15) is 17.3 Å². The molecule has 9 heteroatoms. The van der Waals surface area contributed by atoms with E-state index in [2.05, 4.69) is 26.5 Å². The van der Waals surface area contributed by atoms with E-state index in [1.54, 1.807) is 0 Å². The van der Waals surface area contributed by atoms with Gasteiger partial charge in [0.2, 0.25) is 0 Å². The second-order valence-corrected chi connectivity index (χ2v) is 9.52. The van der Waals surface area contributed by atoms with E-state index in [-0.39, 0.29) is 12.1 Å². The van der Waals surface area contributed by atoms with Crippen LogP contribution in [-0.4, -0.2) is 49.7 Å². The molecule has 180 valence electrons. The Morgan fingerprint density at radius 2 is 2.06 bits per heavy atom. The lowest BCUT2D eigenvalue weighted by Gasteiger charge is -2.41. The van der Waals surface area contributed by atoms with Crippen molar-refractivity contribution in [2.45, 2.75) is 32.0 Å². The minimum atomic E-state index is -0.575. The van der Waals surface area contributed by atoms with Crippen LogP contribution in [0.4, 0.5) is 19.3 Å². The first-order valence-electron chi connectivity index (χ1n) is 11.8. The number of likely N-dealkylation sites (tertiary alicyclic amines) is 1. The molecule has 2 aromatic carbocycles. The van der Waals surface area contributed by atoms with Gasteiger partial charge in [-0.25, -0.2) is 13.6 Å². The van der Waals surface area contributed by atoms with Gasteiger partial charge in [-0.1, -0.05) is 6.07 Å². The molecule has 2 aliphatic heterocycles. The van der Waals surface area contributed by atoms with Gasteiger partial charge in [0.05, 0.1) is 5.52 Å². The van der Waals surface area contributed by atoms with Crippen molar-refractivity contribution >= 4 is 22.6 Å². The summed E-state index contributed by atoms with van der Waals surface area (Å²) in [4.78, 5) is 17.1. The topological polar surface area (TPSA) is 69.2 Å². The highest BCUT2D eigenvalue weighted by Crippen LogP contribution is 2.34. The summed E-state index contributed by atoms with van der Waals surface area (Å²) in [5.74, 6) is -1.11. The highest BCUT2D eigenvalue weighted by molar-refractivity contribution is 6.00. The Bertz CT molecular complexity index is 1430. The van der Waals surface area contributed by atoms with Crippen LogP contribution in [0.2, 0.25) is 0 Å². The zero-order valence-corrected chi connectivity index (χ0v) is 19.4. The number of carbonyl (C=O) groups is 1. The molecule has 35 heavy (non-hydrogen) atoms. The Labute approximate surface area is 201 Å². The Kier molecular flexibility index (Phi) is 5.29. The predicted molar refractivity (Wildman–Crippen MR) is 130 cm³/mol. The van der Waals surface area contributed by atoms with Crippen molar-refractivity contribution in [3.05, 3.63) is 71.6 Å². The van der Waals surface area contributed by atoms with Crippen LogP contribution in [0, 0.1) is 11.6 Å². The Hall–Kier alpha value is -3.72. The van der Waals surface area contributed by atoms with Gasteiger partial charge in [-0.15, -0.1) is 0 Å². The Balaban J connectivity index is 1.24. The van der Waals surface area contributed by atoms with Gasteiger partial charge in [0.15, 0.2) is 0 Å². The number of nitrogens with one attached hydrogen (secondary N) is 2. The number of aromatic amines is 1. The van der Waals surface area contributed by atoms with Gasteiger partial charge in [-0.3, -0.25) is 10.00 Å². The van der Waals surface area contributed by atoms with E-state index in [0.29, 0.717) is 25.2 Å². The van der Waals surface area contributed by atoms with Crippen LogP contribution in [0.25, 0.3) is 22.2 Å². The van der Waals surface area contributed by atoms with Gasteiger partial charge >= 0.3 is 6.03 Å². The highest BCUT2D eigenvalue weighted by Gasteiger charge is 2.33. The fraction of sp³-hybridized carbons (Fsp3) is 0.308. The largest absolute Gasteiger partial charge is 0.357 e. The van der Waals surface area contributed by atoms with Crippen molar-refractivity contribution in [2.75, 3.05) is 18.4 Å². The van der Waals surface area contributed by atoms with Crippen LogP contribution in [0.5, 0.6) is 0 Å². The molecule has 1 saturated heterocycles. The molecule has 2 aromatic heterocycles. The maximum atomic E-state index is 14.2. The van der Waals surface area contributed by atoms with Gasteiger partial charge < -0.3 is 14.8 Å². The number of hydrogen-bond donors (Lipinski definition) is 2. The van der Waals surface area contributed by atoms with Crippen molar-refractivity contribution in [3.63, 3.8) is 0 Å². The third kappa shape index (κ3) is 4.05. The summed E-state index contributed by atoms with van der Waals surface area (Å²) >= 11 is 0. The number of halogens is 2. The standard InChI is InChI=1S/C26H26F2N6O/c1-32-8-6-17(12-32)25-21-9-18-14-34(26(35)29-23(18)11-24(21)30-31-25)20-3-2-7-33(15-20)13-16-4-5-19(27)10-22(16)28/h4-6,8-12,20H,2-3,7,13-15H2,1H3,(H,29,35)(H,30,31)/t20-/m1/s1. The summed E-state index contributed by atoms with van der Waals surface area (Å²) < 4.78 is 29.5. The summed E-state index contributed by atoms with van der Waals surface area (Å²) in [5, 5.41) is 11.7. The number of benzene rings is 2. The number of hydrogen-bond acceptors (Lipinski definition) is 3. The van der Waals surface area contributed by atoms with Crippen molar-refractivity contribution in [1.29, 1.82) is 0 Å². The number of urea groups is 1. The monoisotopic (exact) mass is 476 g/mol. The molecule has 2 amide bonds. The maximum Gasteiger partial charge on any atom is 0.322 e. The molecule has 6 rings (SSSR count). The molecule has 0 aliphatic carbocycles. The molecule has 1 atom stereocenters. The van der Waals surface area contributed by atoms with Crippen LogP contribution < -0.4 is 5.32 Å². The molecule has 2 N–H and O–H groups in total. The fourth-order valence-electron chi connectivity index (χ4n) is 5.28. The number of H-pyrrole nitrogens is 1. The van der Waals surface area contributed by atoms with E-state index in [4.69, 9.17) is 0 Å². The SMILES string of the molecule is Cn1ccc(-c2n[nH]c3cc4c(cc23)CN([C@@H]2CCCN(Cc3ccc(F)cc3F)C2)C(=O)N4)c1. The molecular weight excluding hydrogens is 450 g/mol. The fourth-order valence-corrected chi connectivity index (χ4v) is 5.28. The second kappa shape index (κ2) is 8.49. The zero-order chi connectivity index (χ0) is 24.1. The van der Waals surface area contributed by atoms with E-state index < -0.39 is 11.6 Å². The summed E-state index contributed by atoms with van der Waals surface area (Å²) in [6.07, 6.45) is 5.81. The third-order valence-corrected chi connectivity index (χ3v) is 7.07. The lowest BCUT2D eigenvalue weighted by Crippen LogP contribution is -2.52. The van der Waals surface area contributed by atoms with Gasteiger partial charge in [0, 0.05) is 73.4 Å². The average Bonchev–Trinajstić information content (AvgIpc) is 3.45. The molecule has 0 spiro atoms. The summed E-state index contributed by atoms with van der Waals surface area (Å²) in [6.45, 7) is 2.35. The molecule has 0 saturated carbocycles. The van der Waals surface area contributed by atoms with Crippen molar-refractivity contribution in [2.24, 2.45) is 7.05 Å². The molecule has 4 heterocycles. The molecule has 1 fully saturated rings. The zero-order valence-electron chi connectivity index (χ0n) is 19.4. The number of anilines is 1. The maximum absolute atomic E-state index is 14.2. The highest BCUT2D eigenvalue weighted by atomic mass is 19.1. The van der Waals surface area contributed by atoms with E-state index in [1.165, 1.54) is 12.1 Å². The summed E-state index contributed by atoms with van der Waals surface area (Å²) in [6, 6.07) is 9.68. The van der Waals surface area contributed by atoms with Crippen molar-refractivity contribution < 1.29 is 13.6 Å². The van der Waals surface area contributed by atoms with Crippen molar-refractivity contribution in [1.82, 2.24) is 24.6 Å². The summed E-state index contributed by atoms with van der Waals surface area (Å²) in [7, 11) is 1.98. The number of fused-ring (bicyclic) bond motifs is 2. The number of carbonyl (C=O) groups excluding carboxylic acids is 1. The van der Waals surface area contributed by atoms with E-state index >= 15 is 0 Å². The molecule has 7 nitrogen and oxygen atoms in total. The molecule has 4 aromatic rings. The van der Waals surface area contributed by atoms with E-state index in [9.17, 15) is 13.6 Å². The van der Waals surface area contributed by atoms with E-state index in [1.807, 2.05) is 41.0 Å². The lowest BCUT2D eigenvalue weighted by atomic mass is 9.99. The van der Waals surface area contributed by atoms with Crippen LogP contribution >= 0.6 is 0 Å². The van der Waals surface area contributed by atoms with Crippen molar-refractivity contribution in [3.8, 4) is 11.3 Å². The first kappa shape index (κ1) is 21.8. The average molecular weight is 477 g/mol. The number of rotatable bonds is 4. The van der Waals surface area contributed by atoms with Crippen LogP contribution in [0.3, 0.4) is 0 Å². The third-order valence-electron chi connectivity index (χ3n) is 7.07. The number of amides is 2. The number of aryl methyl sites for hydroxylation is 1. The minimum Gasteiger partial charge on any atom is -0.357 e. The van der Waals surface area contributed by atoms with Gasteiger partial charge in [0.25, 0.3) is 0 Å². The predicted octanol–water partition coefficient (Wildman–Crippen LogP) is 4.86. The minimum absolute atomic E-state index is 0.00838. The normalized spacial score (nSPS) is 18.7. The lowest BCUT2D eigenvalue weighted by molar-refractivity contribution is 0.107. The molecule has 0 bridgehead atoms. The van der Waals surface area contributed by atoms with Crippen LogP contribution in [-0.2, 0) is 20.1 Å². The number of piperidine rings is 1. The second-order valence-electron chi connectivity index (χ2n) is 9.52. The quantitative estimate of drug-likeness (QED) is 0.442. The number of aromatic nitrogens is 3. The molecule has 0 unspecified atom stereocenters. The smallest absolute Gasteiger partial charge is 0.322 e. The molecule has 0 radical (unpaired) electrons. The van der Waals surface area contributed by atoms with Gasteiger partial charge in [-0.05, 0) is 49.2 Å². The van der Waals surface area contributed by atoms with Gasteiger partial charge in [-0.2, -0.15) is 5.10 Å². The first-order valence-corrected chi connectivity index (χ1v) is 11.8. The number of nitrogens with zero attached hydrogens (tertiary/aromatic N) is 4. The molecule has 2 aliphatic rings. The first-order chi connectivity index (χ1) is 16.9. The van der Waals surface area contributed by atoms with E-state index in [0.717, 1.165) is 58.9 Å². The van der Waals surface area contributed by atoms with Crippen LogP contribution in [0.15, 0.2) is 48.8 Å².